The minimum absolute atomic E-state index is 0.378. The summed E-state index contributed by atoms with van der Waals surface area (Å²) in [4.78, 5) is 0. The quantitative estimate of drug-likeness (QED) is 0.114. The summed E-state index contributed by atoms with van der Waals surface area (Å²) in [5.41, 5.74) is 0. The normalized spacial score (nSPS) is 65.4. The summed E-state index contributed by atoms with van der Waals surface area (Å²) in [6, 6.07) is 0. The molecule has 4 aliphatic carbocycles. The van der Waals surface area contributed by atoms with Crippen LogP contribution in [-0.2, 0) is 0 Å². The Kier molecular flexibility index (Phi) is 10.5. The summed E-state index contributed by atoms with van der Waals surface area (Å²) in [6.45, 7) is 0. The van der Waals surface area contributed by atoms with Gasteiger partial charge in [-0.15, -0.1) is 21.2 Å². The molecular formula is C32H39ClF16N8. The van der Waals surface area contributed by atoms with Gasteiger partial charge in [0.1, 0.15) is 43.2 Å². The predicted octanol–water partition coefficient (Wildman–Crippen LogP) is 2.64. The number of nitrogens with one attached hydrogen (secondary N) is 7. The van der Waals surface area contributed by atoms with Crippen LogP contribution in [-0.4, -0.2) is 152 Å². The molecule has 4 saturated carbocycles. The van der Waals surface area contributed by atoms with Crippen molar-refractivity contribution in [2.75, 3.05) is 0 Å². The first-order valence-corrected chi connectivity index (χ1v) is 19.3. The lowest BCUT2D eigenvalue weighted by atomic mass is 9.72. The highest BCUT2D eigenvalue weighted by Crippen LogP contribution is 2.53. The summed E-state index contributed by atoms with van der Waals surface area (Å²) in [6.07, 6.45) is -60.0. The zero-order valence-electron chi connectivity index (χ0n) is 28.8. The molecule has 5 heterocycles. The first kappa shape index (κ1) is 41.2. The summed E-state index contributed by atoms with van der Waals surface area (Å²) >= 11 is 6.33. The molecule has 326 valence electrons. The predicted molar refractivity (Wildman–Crippen MR) is 166 cm³/mol. The summed E-state index contributed by atoms with van der Waals surface area (Å²) in [7, 11) is 0. The van der Waals surface area contributed by atoms with E-state index in [0.29, 0.717) is 0 Å². The molecule has 0 spiro atoms. The molecule has 9 fully saturated rings. The fourth-order valence-electron chi connectivity index (χ4n) is 11.8. The van der Waals surface area contributed by atoms with Gasteiger partial charge in [-0.05, 0) is 0 Å². The molecule has 5 saturated heterocycles. The molecule has 9 rings (SSSR count). The van der Waals surface area contributed by atoms with Crippen LogP contribution >= 0.6 is 11.6 Å². The van der Waals surface area contributed by atoms with E-state index in [4.69, 9.17) is 11.6 Å². The van der Waals surface area contributed by atoms with Crippen LogP contribution in [0.25, 0.3) is 0 Å². The highest BCUT2D eigenvalue weighted by atomic mass is 35.5. The number of nitrogens with zero attached hydrogens (tertiary/aromatic N) is 1. The highest BCUT2D eigenvalue weighted by molar-refractivity contribution is 6.21. The molecule has 5 aliphatic heterocycles. The van der Waals surface area contributed by atoms with Crippen molar-refractivity contribution < 1.29 is 70.3 Å². The molecule has 0 aromatic carbocycles. The van der Waals surface area contributed by atoms with E-state index >= 15 is 44.0 Å². The van der Waals surface area contributed by atoms with E-state index in [9.17, 15) is 26.3 Å². The summed E-state index contributed by atoms with van der Waals surface area (Å²) in [5, 5.41) is 15.6. The lowest BCUT2D eigenvalue weighted by Gasteiger charge is -2.43. The van der Waals surface area contributed by atoms with Gasteiger partial charge in [0.2, 0.25) is 0 Å². The highest BCUT2D eigenvalue weighted by Gasteiger charge is 2.70. The molecule has 0 radical (unpaired) electrons. The topological polar surface area (TPSA) is 87.4 Å². The Balaban J connectivity index is 1.17. The van der Waals surface area contributed by atoms with Gasteiger partial charge in [0.05, 0.1) is 54.7 Å². The van der Waals surface area contributed by atoms with E-state index in [1.807, 2.05) is 0 Å². The Bertz CT molecular complexity index is 1410. The van der Waals surface area contributed by atoms with Crippen LogP contribution in [0.2, 0.25) is 0 Å². The third-order valence-electron chi connectivity index (χ3n) is 14.4. The molecule has 32 atom stereocenters. The minimum atomic E-state index is -3.20. The Morgan fingerprint density at radius 1 is 0.263 bits per heavy atom. The molecule has 8 bridgehead atoms. The van der Waals surface area contributed by atoms with E-state index < -0.39 is 195 Å². The lowest BCUT2D eigenvalue weighted by molar-refractivity contribution is -0.0980. The van der Waals surface area contributed by atoms with Crippen LogP contribution in [0.5, 0.6) is 0 Å². The molecule has 57 heavy (non-hydrogen) atoms. The SMILES string of the molecule is FC1C(F)C(F)C2C3NC(NC4NC(NC5C6C(F)C(F)C(F)C(F)C6C(NC6NC(N3)C3C(Cl)C(F)C(F)C(F)C63)N5F)C3C(F)C(F)C(F)C(F)C43)C2C1F. The number of fused-ring (bicyclic) bond motifs is 20. The van der Waals surface area contributed by atoms with Gasteiger partial charge in [-0.3, -0.25) is 37.2 Å². The largest absolute Gasteiger partial charge is 0.286 e. The number of rotatable bonds is 0. The van der Waals surface area contributed by atoms with Crippen LogP contribution in [0.4, 0.5) is 70.3 Å². The second-order valence-corrected chi connectivity index (χ2v) is 17.5. The van der Waals surface area contributed by atoms with Crippen molar-refractivity contribution >= 4 is 11.6 Å². The molecule has 0 aromatic heterocycles. The van der Waals surface area contributed by atoms with Crippen LogP contribution in [0.1, 0.15) is 0 Å². The third-order valence-corrected chi connectivity index (χ3v) is 15.0. The first-order valence-electron chi connectivity index (χ1n) is 18.9. The molecule has 7 N–H and O–H groups in total. The molecular weight excluding hydrogens is 836 g/mol. The summed E-state index contributed by atoms with van der Waals surface area (Å²) < 4.78 is 248. The maximum atomic E-state index is 16.8. The average Bonchev–Trinajstić information content (AvgIpc) is 3.91. The smallest absolute Gasteiger partial charge is 0.165 e. The van der Waals surface area contributed by atoms with Crippen molar-refractivity contribution in [3.05, 3.63) is 0 Å². The van der Waals surface area contributed by atoms with Gasteiger partial charge in [0, 0.05) is 47.3 Å². The monoisotopic (exact) mass is 874 g/mol. The van der Waals surface area contributed by atoms with Crippen LogP contribution in [0.3, 0.4) is 0 Å². The molecule has 8 nitrogen and oxygen atoms in total. The van der Waals surface area contributed by atoms with Gasteiger partial charge in [0.25, 0.3) is 0 Å². The van der Waals surface area contributed by atoms with Crippen molar-refractivity contribution in [2.45, 2.75) is 147 Å². The Labute approximate surface area is 318 Å². The molecule has 0 amide bonds. The van der Waals surface area contributed by atoms with Gasteiger partial charge in [0.15, 0.2) is 49.4 Å². The summed E-state index contributed by atoms with van der Waals surface area (Å²) in [5.74, 6) is -15.8. The Hall–Kier alpha value is -1.15. The van der Waals surface area contributed by atoms with Gasteiger partial charge < -0.3 is 0 Å². The Morgan fingerprint density at radius 2 is 0.474 bits per heavy atom. The van der Waals surface area contributed by atoms with E-state index in [0.717, 1.165) is 0 Å². The van der Waals surface area contributed by atoms with Crippen LogP contribution < -0.4 is 37.2 Å². The van der Waals surface area contributed by atoms with Crippen LogP contribution in [0.15, 0.2) is 0 Å². The number of alkyl halides is 16. The maximum Gasteiger partial charge on any atom is 0.165 e. The third kappa shape index (κ3) is 5.78. The van der Waals surface area contributed by atoms with Gasteiger partial charge in [-0.1, -0.05) is 0 Å². The van der Waals surface area contributed by atoms with Gasteiger partial charge in [-0.2, -0.15) is 0 Å². The van der Waals surface area contributed by atoms with E-state index in [2.05, 4.69) is 37.2 Å². The average molecular weight is 875 g/mol. The zero-order valence-corrected chi connectivity index (χ0v) is 29.6. The number of hydrogen-bond acceptors (Lipinski definition) is 8. The van der Waals surface area contributed by atoms with E-state index in [1.54, 1.807) is 0 Å². The maximum absolute atomic E-state index is 16.8. The standard InChI is InChI=1S/C32H39ClF16N8/c33-9-1-2(10(34)18(42)17(9)41)29-51-25(1)50-26-3-4(12(36)20(44)19(43)11(3)35)27(52-26)53-28-5-6(14(38)22(46)21(45)13(5)37)30(54-28)56-32-8-7(31(55-29)57(32)49)15(39)23(47)24(48)16(8)40/h1-32,50-56H. The number of halogens is 17. The second-order valence-electron chi connectivity index (χ2n) is 17.0. The van der Waals surface area contributed by atoms with E-state index in [1.165, 1.54) is 0 Å². The first-order chi connectivity index (χ1) is 26.9. The van der Waals surface area contributed by atoms with Crippen molar-refractivity contribution in [1.82, 2.24) is 42.3 Å². The molecule has 25 heteroatoms. The Morgan fingerprint density at radius 3 is 0.772 bits per heavy atom. The second kappa shape index (κ2) is 14.5. The van der Waals surface area contributed by atoms with Gasteiger partial charge >= 0.3 is 0 Å². The minimum Gasteiger partial charge on any atom is -0.286 e. The van der Waals surface area contributed by atoms with E-state index in [-0.39, 0.29) is 5.12 Å². The fraction of sp³-hybridized carbons (Fsp3) is 1.00. The molecule has 9 aliphatic rings. The zero-order chi connectivity index (χ0) is 41.0. The fourth-order valence-corrected chi connectivity index (χ4v) is 12.3. The van der Waals surface area contributed by atoms with Crippen LogP contribution in [0, 0.1) is 47.3 Å². The molecule has 0 aromatic rings. The van der Waals surface area contributed by atoms with Crippen molar-refractivity contribution in [2.24, 2.45) is 47.3 Å². The van der Waals surface area contributed by atoms with Gasteiger partial charge in [-0.25, -0.2) is 65.9 Å². The van der Waals surface area contributed by atoms with Crippen molar-refractivity contribution in [1.29, 1.82) is 0 Å². The van der Waals surface area contributed by atoms with Crippen molar-refractivity contribution in [3.63, 3.8) is 0 Å². The lowest BCUT2D eigenvalue weighted by Crippen LogP contribution is -2.62. The molecule has 32 unspecified atom stereocenters. The van der Waals surface area contributed by atoms with Crippen molar-refractivity contribution in [3.8, 4) is 0 Å². The number of hydrogen-bond donors (Lipinski definition) is 7.